The minimum atomic E-state index is -0.777. The maximum absolute atomic E-state index is 13.3. The summed E-state index contributed by atoms with van der Waals surface area (Å²) in [5, 5.41) is 12.9. The van der Waals surface area contributed by atoms with Crippen molar-refractivity contribution in [3.63, 3.8) is 0 Å². The third kappa shape index (κ3) is 2.06. The Labute approximate surface area is 108 Å². The average molecular weight is 265 g/mol. The van der Waals surface area contributed by atoms with Gasteiger partial charge in [-0.3, -0.25) is 0 Å². The van der Waals surface area contributed by atoms with Crippen molar-refractivity contribution in [3.8, 4) is 17.1 Å². The van der Waals surface area contributed by atoms with E-state index in [4.69, 9.17) is 20.1 Å². The third-order valence-electron chi connectivity index (χ3n) is 3.11. The molecule has 19 heavy (non-hydrogen) atoms. The number of ether oxygens (including phenoxy) is 1. The molecule has 0 amide bonds. The molecule has 1 saturated heterocycles. The first kappa shape index (κ1) is 12.1. The second-order valence-corrected chi connectivity index (χ2v) is 4.55. The van der Waals surface area contributed by atoms with Crippen molar-refractivity contribution in [2.24, 2.45) is 5.73 Å². The number of aromatic nitrogens is 2. The van der Waals surface area contributed by atoms with Crippen LogP contribution in [0.2, 0.25) is 0 Å². The Morgan fingerprint density at radius 2 is 2.26 bits per heavy atom. The number of hydrogen-bond donors (Lipinski definition) is 2. The van der Waals surface area contributed by atoms with E-state index >= 15 is 0 Å². The van der Waals surface area contributed by atoms with E-state index in [0.717, 1.165) is 6.07 Å². The quantitative estimate of drug-likeness (QED) is 0.846. The summed E-state index contributed by atoms with van der Waals surface area (Å²) in [6.07, 6.45) is 0.596. The zero-order chi connectivity index (χ0) is 13.5. The van der Waals surface area contributed by atoms with Gasteiger partial charge in [0.2, 0.25) is 11.7 Å². The highest BCUT2D eigenvalue weighted by atomic mass is 19.1. The molecule has 0 radical (unpaired) electrons. The van der Waals surface area contributed by atoms with Gasteiger partial charge in [0, 0.05) is 12.2 Å². The summed E-state index contributed by atoms with van der Waals surface area (Å²) in [6.45, 7) is 0.862. The second kappa shape index (κ2) is 4.29. The standard InChI is InChI=1S/C12H12FN3O3/c13-8-5-7(1-2-9(8)17)10-15-11(19-16-10)12(14)3-4-18-6-12/h1-2,5,17H,3-4,6,14H2. The van der Waals surface area contributed by atoms with Crippen LogP contribution in [0.1, 0.15) is 12.3 Å². The van der Waals surface area contributed by atoms with Gasteiger partial charge in [-0.1, -0.05) is 5.16 Å². The summed E-state index contributed by atoms with van der Waals surface area (Å²) in [5.41, 5.74) is 5.72. The van der Waals surface area contributed by atoms with Crippen molar-refractivity contribution in [3.05, 3.63) is 29.9 Å². The van der Waals surface area contributed by atoms with Crippen LogP contribution in [0.25, 0.3) is 11.4 Å². The van der Waals surface area contributed by atoms with E-state index < -0.39 is 17.1 Å². The van der Waals surface area contributed by atoms with Crippen LogP contribution in [0.3, 0.4) is 0 Å². The van der Waals surface area contributed by atoms with Crippen LogP contribution < -0.4 is 5.73 Å². The molecule has 1 aliphatic rings. The Morgan fingerprint density at radius 1 is 1.42 bits per heavy atom. The molecule has 1 fully saturated rings. The summed E-state index contributed by atoms with van der Waals surface area (Å²) in [7, 11) is 0. The summed E-state index contributed by atoms with van der Waals surface area (Å²) < 4.78 is 23.6. The minimum Gasteiger partial charge on any atom is -0.505 e. The normalized spacial score (nSPS) is 22.8. The minimum absolute atomic E-state index is 0.227. The SMILES string of the molecule is NC1(c2nc(-c3ccc(O)c(F)c3)no2)CCOC1. The monoisotopic (exact) mass is 265 g/mol. The summed E-state index contributed by atoms with van der Waals surface area (Å²) in [4.78, 5) is 4.17. The zero-order valence-electron chi connectivity index (χ0n) is 9.97. The Balaban J connectivity index is 1.94. The predicted octanol–water partition coefficient (Wildman–Crippen LogP) is 1.16. The van der Waals surface area contributed by atoms with Crippen LogP contribution in [0.15, 0.2) is 22.7 Å². The van der Waals surface area contributed by atoms with Crippen LogP contribution >= 0.6 is 0 Å². The summed E-state index contributed by atoms with van der Waals surface area (Å²) >= 11 is 0. The van der Waals surface area contributed by atoms with Gasteiger partial charge in [-0.15, -0.1) is 0 Å². The van der Waals surface area contributed by atoms with Crippen LogP contribution in [0.4, 0.5) is 4.39 Å². The van der Waals surface area contributed by atoms with E-state index in [1.165, 1.54) is 12.1 Å². The van der Waals surface area contributed by atoms with Gasteiger partial charge < -0.3 is 20.1 Å². The van der Waals surface area contributed by atoms with Gasteiger partial charge in [0.05, 0.1) is 6.61 Å². The third-order valence-corrected chi connectivity index (χ3v) is 3.11. The Bertz CT molecular complexity index is 608. The average Bonchev–Trinajstić information content (AvgIpc) is 3.02. The van der Waals surface area contributed by atoms with Gasteiger partial charge in [0.15, 0.2) is 11.6 Å². The van der Waals surface area contributed by atoms with Gasteiger partial charge in [-0.2, -0.15) is 4.98 Å². The molecule has 0 aliphatic carbocycles. The second-order valence-electron chi connectivity index (χ2n) is 4.55. The number of nitrogens with two attached hydrogens (primary N) is 1. The lowest BCUT2D eigenvalue weighted by atomic mass is 10.0. The fourth-order valence-corrected chi connectivity index (χ4v) is 1.94. The molecule has 3 rings (SSSR count). The maximum atomic E-state index is 13.3. The van der Waals surface area contributed by atoms with Gasteiger partial charge in [-0.25, -0.2) is 4.39 Å². The zero-order valence-corrected chi connectivity index (χ0v) is 9.97. The molecule has 2 heterocycles. The lowest BCUT2D eigenvalue weighted by Crippen LogP contribution is -2.37. The van der Waals surface area contributed by atoms with Crippen molar-refractivity contribution in [2.45, 2.75) is 12.0 Å². The van der Waals surface area contributed by atoms with Crippen LogP contribution in [-0.2, 0) is 10.3 Å². The Hall–Kier alpha value is -1.99. The first-order valence-corrected chi connectivity index (χ1v) is 5.78. The molecule has 1 atom stereocenters. The van der Waals surface area contributed by atoms with Crippen molar-refractivity contribution in [1.29, 1.82) is 0 Å². The van der Waals surface area contributed by atoms with Gasteiger partial charge in [0.25, 0.3) is 0 Å². The molecule has 100 valence electrons. The van der Waals surface area contributed by atoms with E-state index in [1.807, 2.05) is 0 Å². The highest BCUT2D eigenvalue weighted by Crippen LogP contribution is 2.29. The highest BCUT2D eigenvalue weighted by molar-refractivity contribution is 5.56. The van der Waals surface area contributed by atoms with Crippen LogP contribution in [-0.4, -0.2) is 28.5 Å². The molecule has 1 aromatic carbocycles. The fourth-order valence-electron chi connectivity index (χ4n) is 1.94. The smallest absolute Gasteiger partial charge is 0.249 e. The number of phenols is 1. The van der Waals surface area contributed by atoms with Crippen molar-refractivity contribution in [1.82, 2.24) is 10.1 Å². The Morgan fingerprint density at radius 3 is 2.95 bits per heavy atom. The summed E-state index contributed by atoms with van der Waals surface area (Å²) in [5.74, 6) is -0.665. The summed E-state index contributed by atoms with van der Waals surface area (Å²) in [6, 6.07) is 3.87. The van der Waals surface area contributed by atoms with E-state index in [0.29, 0.717) is 25.2 Å². The first-order chi connectivity index (χ1) is 9.08. The van der Waals surface area contributed by atoms with Crippen molar-refractivity contribution in [2.75, 3.05) is 13.2 Å². The molecule has 1 unspecified atom stereocenters. The number of nitrogens with zero attached hydrogens (tertiary/aromatic N) is 2. The van der Waals surface area contributed by atoms with E-state index in [2.05, 4.69) is 10.1 Å². The molecule has 1 aliphatic heterocycles. The molecule has 2 aromatic rings. The van der Waals surface area contributed by atoms with Crippen molar-refractivity contribution < 1.29 is 18.8 Å². The fraction of sp³-hybridized carbons (Fsp3) is 0.333. The lowest BCUT2D eigenvalue weighted by molar-refractivity contribution is 0.166. The maximum Gasteiger partial charge on any atom is 0.249 e. The molecule has 1 aromatic heterocycles. The first-order valence-electron chi connectivity index (χ1n) is 5.78. The lowest BCUT2D eigenvalue weighted by Gasteiger charge is -2.14. The van der Waals surface area contributed by atoms with Crippen LogP contribution in [0, 0.1) is 5.82 Å². The largest absolute Gasteiger partial charge is 0.505 e. The molecule has 0 bridgehead atoms. The topological polar surface area (TPSA) is 94.4 Å². The molecular weight excluding hydrogens is 253 g/mol. The highest BCUT2D eigenvalue weighted by Gasteiger charge is 2.38. The van der Waals surface area contributed by atoms with E-state index in [9.17, 15) is 4.39 Å². The molecule has 6 nitrogen and oxygen atoms in total. The van der Waals surface area contributed by atoms with E-state index in [1.54, 1.807) is 0 Å². The molecular formula is C12H12FN3O3. The van der Waals surface area contributed by atoms with E-state index in [-0.39, 0.29) is 11.7 Å². The van der Waals surface area contributed by atoms with Gasteiger partial charge >= 0.3 is 0 Å². The molecule has 7 heteroatoms. The number of halogens is 1. The molecule has 0 saturated carbocycles. The number of aromatic hydroxyl groups is 1. The predicted molar refractivity (Wildman–Crippen MR) is 62.7 cm³/mol. The number of hydrogen-bond acceptors (Lipinski definition) is 6. The van der Waals surface area contributed by atoms with Crippen LogP contribution in [0.5, 0.6) is 5.75 Å². The van der Waals surface area contributed by atoms with Crippen molar-refractivity contribution >= 4 is 0 Å². The molecule has 0 spiro atoms. The number of rotatable bonds is 2. The van der Waals surface area contributed by atoms with Gasteiger partial charge in [-0.05, 0) is 24.6 Å². The molecule has 3 N–H and O–H groups in total. The number of phenolic OH excluding ortho intramolecular Hbond substituents is 1. The number of benzene rings is 1. The van der Waals surface area contributed by atoms with Gasteiger partial charge in [0.1, 0.15) is 5.54 Å². The Kier molecular flexibility index (Phi) is 2.72.